The number of benzene rings is 3. The number of carbonyl (C=O) groups is 1. The topological polar surface area (TPSA) is 114 Å². The van der Waals surface area contributed by atoms with Crippen molar-refractivity contribution >= 4 is 25.6 Å². The van der Waals surface area contributed by atoms with Gasteiger partial charge < -0.3 is 0 Å². The summed E-state index contributed by atoms with van der Waals surface area (Å²) in [6, 6.07) is 15.9. The van der Waals surface area contributed by atoms with Crippen LogP contribution in [0, 0.1) is 5.82 Å². The Bertz CT molecular complexity index is 1940. The Morgan fingerprint density at radius 3 is 2.17 bits per heavy atom. The Balaban J connectivity index is 1.44. The van der Waals surface area contributed by atoms with Gasteiger partial charge in [0.2, 0.25) is 25.0 Å². The second kappa shape index (κ2) is 13.0. The van der Waals surface area contributed by atoms with Crippen molar-refractivity contribution in [2.45, 2.75) is 53.5 Å². The van der Waals surface area contributed by atoms with E-state index in [-0.39, 0.29) is 34.7 Å². The summed E-state index contributed by atoms with van der Waals surface area (Å²) in [5.41, 5.74) is -0.287. The number of Topliss-reactive ketones (excluding diaryl/α,β-unsaturated/α-hetero) is 1. The summed E-state index contributed by atoms with van der Waals surface area (Å²) in [7, 11) is -8.53. The Kier molecular flexibility index (Phi) is 9.38. The molecule has 5 rings (SSSR count). The van der Waals surface area contributed by atoms with E-state index in [9.17, 15) is 43.6 Å². The van der Waals surface area contributed by atoms with E-state index in [1.54, 1.807) is 30.3 Å². The highest BCUT2D eigenvalue weighted by Crippen LogP contribution is 2.32. The second-order valence-corrected chi connectivity index (χ2v) is 14.5. The Morgan fingerprint density at radius 2 is 1.54 bits per heavy atom. The first-order valence-electron chi connectivity index (χ1n) is 13.9. The van der Waals surface area contributed by atoms with Crippen molar-refractivity contribution in [2.24, 2.45) is 0 Å². The highest BCUT2D eigenvalue weighted by atomic mass is 32.2. The summed E-state index contributed by atoms with van der Waals surface area (Å²) >= 11 is 0. The number of nitrogens with zero attached hydrogens (tertiary/aromatic N) is 3. The van der Waals surface area contributed by atoms with Gasteiger partial charge in [-0.2, -0.15) is 17.5 Å². The van der Waals surface area contributed by atoms with Gasteiger partial charge in [0.05, 0.1) is 27.9 Å². The number of hydrogen-bond donors (Lipinski definition) is 0. The fraction of sp³-hybridized carbons (Fsp3) is 0.258. The number of rotatable bonds is 10. The molecule has 3 aromatic carbocycles. The minimum absolute atomic E-state index is 0.0111. The van der Waals surface area contributed by atoms with E-state index in [1.165, 1.54) is 6.07 Å². The molecular weight excluding hydrogens is 653 g/mol. The Hall–Kier alpha value is -4.08. The average molecular weight is 680 g/mol. The molecule has 1 aliphatic rings. The predicted molar refractivity (Wildman–Crippen MR) is 157 cm³/mol. The number of sulfonamides is 1. The molecule has 1 aliphatic heterocycles. The summed E-state index contributed by atoms with van der Waals surface area (Å²) in [5.74, 6) is -1.81. The minimum Gasteiger partial charge on any atom is -0.298 e. The Morgan fingerprint density at radius 1 is 0.891 bits per heavy atom. The quantitative estimate of drug-likeness (QED) is 0.159. The van der Waals surface area contributed by atoms with Gasteiger partial charge in [-0.15, -0.1) is 0 Å². The lowest BCUT2D eigenvalue weighted by molar-refractivity contribution is -0.137. The Labute approximate surface area is 261 Å². The van der Waals surface area contributed by atoms with Gasteiger partial charge in [-0.25, -0.2) is 35.6 Å². The predicted octanol–water partition coefficient (Wildman–Crippen LogP) is 5.58. The molecule has 0 unspecified atom stereocenters. The summed E-state index contributed by atoms with van der Waals surface area (Å²) in [5, 5.41) is -0.610. The molecule has 242 valence electrons. The lowest BCUT2D eigenvalue weighted by atomic mass is 10.0. The fourth-order valence-corrected chi connectivity index (χ4v) is 7.95. The maximum atomic E-state index is 14.5. The zero-order valence-electron chi connectivity index (χ0n) is 23.9. The summed E-state index contributed by atoms with van der Waals surface area (Å²) in [4.78, 5) is 21.3. The number of halogens is 5. The van der Waals surface area contributed by atoms with Crippen LogP contribution in [0.5, 0.6) is 0 Å². The van der Waals surface area contributed by atoms with E-state index >= 15 is 0 Å². The lowest BCUT2D eigenvalue weighted by Crippen LogP contribution is -2.40. The van der Waals surface area contributed by atoms with Crippen LogP contribution in [0.3, 0.4) is 0 Å². The molecule has 0 radical (unpaired) electrons. The first-order chi connectivity index (χ1) is 21.6. The number of aryl methyl sites for hydroxylation is 1. The molecule has 46 heavy (non-hydrogen) atoms. The molecule has 1 fully saturated rings. The summed E-state index contributed by atoms with van der Waals surface area (Å²) in [6.45, 7) is -0.580. The first-order valence-corrected chi connectivity index (χ1v) is 17.0. The van der Waals surface area contributed by atoms with Crippen LogP contribution in [-0.2, 0) is 43.0 Å². The molecule has 1 aromatic heterocycles. The van der Waals surface area contributed by atoms with Gasteiger partial charge >= 0.3 is 6.18 Å². The van der Waals surface area contributed by atoms with Gasteiger partial charge in [0.1, 0.15) is 12.0 Å². The van der Waals surface area contributed by atoms with Crippen LogP contribution in [0.1, 0.15) is 29.7 Å². The van der Waals surface area contributed by atoms with Crippen molar-refractivity contribution in [3.05, 3.63) is 108 Å². The van der Waals surface area contributed by atoms with E-state index in [0.29, 0.717) is 5.56 Å². The zero-order valence-corrected chi connectivity index (χ0v) is 25.5. The van der Waals surface area contributed by atoms with Crippen LogP contribution in [0.15, 0.2) is 95.0 Å². The molecule has 2 atom stereocenters. The third kappa shape index (κ3) is 7.48. The molecule has 0 aliphatic carbocycles. The smallest absolute Gasteiger partial charge is 0.298 e. The first kappa shape index (κ1) is 33.3. The molecule has 0 amide bonds. The molecule has 0 spiro atoms. The average Bonchev–Trinajstić information content (AvgIpc) is 3.42. The SMILES string of the molecule is O=C(CCc1cc(-c2ccc(C(F)(F)F)cc2)nc(S(=O)(=O)Cc2ccccc2)n1)[C@@H]1C[C@@H](F)CN1S(=O)(=O)c1ccc(F)cc1. The van der Waals surface area contributed by atoms with Crippen LogP contribution in [0.4, 0.5) is 22.0 Å². The number of alkyl halides is 4. The molecule has 0 N–H and O–H groups in total. The maximum absolute atomic E-state index is 14.5. The van der Waals surface area contributed by atoms with Crippen molar-refractivity contribution in [3.8, 4) is 11.3 Å². The van der Waals surface area contributed by atoms with Crippen LogP contribution < -0.4 is 0 Å². The third-order valence-corrected chi connectivity index (χ3v) is 10.7. The lowest BCUT2D eigenvalue weighted by Gasteiger charge is -2.22. The third-order valence-electron chi connectivity index (χ3n) is 7.37. The van der Waals surface area contributed by atoms with Crippen molar-refractivity contribution < 1.29 is 43.6 Å². The highest BCUT2D eigenvalue weighted by Gasteiger charge is 2.43. The van der Waals surface area contributed by atoms with Gasteiger partial charge in [-0.3, -0.25) is 4.79 Å². The molecule has 1 saturated heterocycles. The zero-order chi connectivity index (χ0) is 33.3. The van der Waals surface area contributed by atoms with Crippen molar-refractivity contribution in [1.29, 1.82) is 0 Å². The van der Waals surface area contributed by atoms with Crippen molar-refractivity contribution in [2.75, 3.05) is 6.54 Å². The maximum Gasteiger partial charge on any atom is 0.416 e. The second-order valence-electron chi connectivity index (χ2n) is 10.7. The van der Waals surface area contributed by atoms with E-state index in [2.05, 4.69) is 9.97 Å². The van der Waals surface area contributed by atoms with Crippen LogP contribution >= 0.6 is 0 Å². The van der Waals surface area contributed by atoms with Crippen LogP contribution in [0.25, 0.3) is 11.3 Å². The molecule has 15 heteroatoms. The van der Waals surface area contributed by atoms with Gasteiger partial charge in [-0.1, -0.05) is 42.5 Å². The fourth-order valence-electron chi connectivity index (χ4n) is 5.05. The standard InChI is InChI=1S/C31H26F5N3O5S2/c32-23-10-13-26(14-11-23)46(43,44)39-18-24(33)16-28(39)29(40)15-12-25-17-27(21-6-8-22(9-7-21)31(34,35)36)38-30(37-25)45(41,42)19-20-4-2-1-3-5-20/h1-11,13-14,17,24,28H,12,15-16,18-19H2/t24-,28+/m1/s1. The van der Waals surface area contributed by atoms with E-state index in [1.807, 2.05) is 0 Å². The van der Waals surface area contributed by atoms with E-state index in [0.717, 1.165) is 52.8 Å². The van der Waals surface area contributed by atoms with Crippen molar-refractivity contribution in [1.82, 2.24) is 14.3 Å². The van der Waals surface area contributed by atoms with Crippen molar-refractivity contribution in [3.63, 3.8) is 0 Å². The van der Waals surface area contributed by atoms with Crippen LogP contribution in [-0.4, -0.2) is 55.7 Å². The molecule has 8 nitrogen and oxygen atoms in total. The highest BCUT2D eigenvalue weighted by molar-refractivity contribution is 7.90. The van der Waals surface area contributed by atoms with Crippen LogP contribution in [0.2, 0.25) is 0 Å². The normalized spacial score (nSPS) is 17.7. The van der Waals surface area contributed by atoms with Gasteiger partial charge in [0, 0.05) is 30.6 Å². The molecule has 0 bridgehead atoms. The van der Waals surface area contributed by atoms with E-state index < -0.39 is 79.3 Å². The van der Waals surface area contributed by atoms with E-state index in [4.69, 9.17) is 0 Å². The van der Waals surface area contributed by atoms with Gasteiger partial charge in [0.25, 0.3) is 0 Å². The molecule has 4 aromatic rings. The minimum atomic E-state index is -4.60. The largest absolute Gasteiger partial charge is 0.416 e. The molecule has 2 heterocycles. The molecular formula is C31H26F5N3O5S2. The number of sulfone groups is 1. The number of aromatic nitrogens is 2. The summed E-state index contributed by atoms with van der Waals surface area (Å²) in [6.07, 6.45) is -7.22. The monoisotopic (exact) mass is 679 g/mol. The number of ketones is 1. The summed E-state index contributed by atoms with van der Waals surface area (Å²) < 4.78 is 121. The molecule has 0 saturated carbocycles. The van der Waals surface area contributed by atoms with Gasteiger partial charge in [-0.05, 0) is 54.4 Å². The van der Waals surface area contributed by atoms with Gasteiger partial charge in [0.15, 0.2) is 5.78 Å². The number of carbonyl (C=O) groups excluding carboxylic acids is 1. The number of hydrogen-bond acceptors (Lipinski definition) is 7.